The van der Waals surface area contributed by atoms with Crippen molar-refractivity contribution in [2.75, 3.05) is 13.1 Å². The number of amides is 1. The summed E-state index contributed by atoms with van der Waals surface area (Å²) in [4.78, 5) is 11.5. The van der Waals surface area contributed by atoms with E-state index in [4.69, 9.17) is 4.74 Å². The average molecular weight is 306 g/mol. The molecule has 0 aliphatic rings. The van der Waals surface area contributed by atoms with Crippen LogP contribution in [0.2, 0.25) is 0 Å². The largest absolute Gasteiger partial charge is 0.444 e. The summed E-state index contributed by atoms with van der Waals surface area (Å²) in [6.45, 7) is 11.5. The van der Waals surface area contributed by atoms with Gasteiger partial charge in [0.25, 0.3) is 0 Å². The number of benzene rings is 1. The molecule has 0 radical (unpaired) electrons. The minimum Gasteiger partial charge on any atom is -0.444 e. The molecule has 124 valence electrons. The fourth-order valence-corrected chi connectivity index (χ4v) is 2.25. The van der Waals surface area contributed by atoms with Crippen LogP contribution < -0.4 is 10.6 Å². The summed E-state index contributed by atoms with van der Waals surface area (Å²) in [6, 6.07) is 10.8. The van der Waals surface area contributed by atoms with Gasteiger partial charge in [-0.15, -0.1) is 0 Å². The molecule has 4 heteroatoms. The summed E-state index contributed by atoms with van der Waals surface area (Å²) in [5.41, 5.74) is 0.857. The van der Waals surface area contributed by atoms with Crippen LogP contribution in [0.3, 0.4) is 0 Å². The molecule has 0 fully saturated rings. The summed E-state index contributed by atoms with van der Waals surface area (Å²) < 4.78 is 5.20. The predicted octanol–water partition coefficient (Wildman–Crippen LogP) is 3.89. The third kappa shape index (κ3) is 7.46. The first-order valence-corrected chi connectivity index (χ1v) is 8.05. The Hall–Kier alpha value is -1.55. The zero-order valence-electron chi connectivity index (χ0n) is 14.5. The molecule has 1 aromatic rings. The van der Waals surface area contributed by atoms with Crippen LogP contribution in [0.25, 0.3) is 0 Å². The number of ether oxygens (including phenoxy) is 1. The first kappa shape index (κ1) is 18.5. The van der Waals surface area contributed by atoms with Gasteiger partial charge >= 0.3 is 6.09 Å². The molecule has 1 rings (SSSR count). The summed E-state index contributed by atoms with van der Waals surface area (Å²) in [5.74, 6) is 0.515. The van der Waals surface area contributed by atoms with E-state index < -0.39 is 5.60 Å². The number of nitrogens with one attached hydrogen (secondary N) is 2. The second-order valence-electron chi connectivity index (χ2n) is 6.87. The van der Waals surface area contributed by atoms with E-state index in [0.29, 0.717) is 18.5 Å². The van der Waals surface area contributed by atoms with Gasteiger partial charge in [0, 0.05) is 12.6 Å². The normalized spacial score (nSPS) is 13.0. The molecule has 0 aliphatic heterocycles. The van der Waals surface area contributed by atoms with Gasteiger partial charge in [-0.25, -0.2) is 4.79 Å². The van der Waals surface area contributed by atoms with Crippen molar-refractivity contribution in [2.45, 2.75) is 52.7 Å². The van der Waals surface area contributed by atoms with Crippen molar-refractivity contribution < 1.29 is 9.53 Å². The fourth-order valence-electron chi connectivity index (χ4n) is 2.25. The maximum atomic E-state index is 11.5. The summed E-state index contributed by atoms with van der Waals surface area (Å²) >= 11 is 0. The van der Waals surface area contributed by atoms with Gasteiger partial charge in [0.1, 0.15) is 5.60 Å². The highest BCUT2D eigenvalue weighted by atomic mass is 16.6. The van der Waals surface area contributed by atoms with Crippen molar-refractivity contribution >= 4 is 6.09 Å². The van der Waals surface area contributed by atoms with Gasteiger partial charge in [0.2, 0.25) is 0 Å². The first-order valence-electron chi connectivity index (χ1n) is 8.05. The zero-order valence-corrected chi connectivity index (χ0v) is 14.5. The molecular weight excluding hydrogens is 276 g/mol. The van der Waals surface area contributed by atoms with Crippen LogP contribution >= 0.6 is 0 Å². The molecule has 1 amide bonds. The topological polar surface area (TPSA) is 50.4 Å². The van der Waals surface area contributed by atoms with E-state index in [9.17, 15) is 4.79 Å². The van der Waals surface area contributed by atoms with Crippen LogP contribution in [0.4, 0.5) is 4.79 Å². The van der Waals surface area contributed by atoms with Crippen molar-refractivity contribution in [1.82, 2.24) is 10.6 Å². The highest BCUT2D eigenvalue weighted by molar-refractivity contribution is 5.67. The third-order valence-electron chi connectivity index (χ3n) is 3.21. The second kappa shape index (κ2) is 8.79. The summed E-state index contributed by atoms with van der Waals surface area (Å²) in [6.07, 6.45) is 0.519. The van der Waals surface area contributed by atoms with E-state index in [1.54, 1.807) is 0 Å². The molecule has 1 atom stereocenters. The number of carbonyl (C=O) groups is 1. The molecule has 4 nitrogen and oxygen atoms in total. The van der Waals surface area contributed by atoms with Gasteiger partial charge in [0.15, 0.2) is 0 Å². The minimum absolute atomic E-state index is 0.336. The Bertz CT molecular complexity index is 438. The van der Waals surface area contributed by atoms with Crippen molar-refractivity contribution in [2.24, 2.45) is 5.92 Å². The Morgan fingerprint density at radius 3 is 2.32 bits per heavy atom. The van der Waals surface area contributed by atoms with Gasteiger partial charge < -0.3 is 15.4 Å². The molecule has 0 saturated carbocycles. The second-order valence-corrected chi connectivity index (χ2v) is 6.87. The molecular formula is C18H30N2O2. The molecule has 0 aromatic heterocycles. The highest BCUT2D eigenvalue weighted by Crippen LogP contribution is 2.20. The summed E-state index contributed by atoms with van der Waals surface area (Å²) in [5, 5.41) is 6.35. The van der Waals surface area contributed by atoms with E-state index in [1.165, 1.54) is 5.56 Å². The Labute approximate surface area is 134 Å². The molecule has 0 spiro atoms. The zero-order chi connectivity index (χ0) is 16.6. The van der Waals surface area contributed by atoms with Crippen molar-refractivity contribution in [1.29, 1.82) is 0 Å². The number of carbonyl (C=O) groups excluding carboxylic acids is 1. The molecule has 22 heavy (non-hydrogen) atoms. The van der Waals surface area contributed by atoms with Gasteiger partial charge in [-0.05, 0) is 45.2 Å². The van der Waals surface area contributed by atoms with Crippen molar-refractivity contribution in [3.63, 3.8) is 0 Å². The summed E-state index contributed by atoms with van der Waals surface area (Å²) in [7, 11) is 0. The SMILES string of the molecule is CC(C)C(NCCCNC(=O)OC(C)(C)C)c1ccccc1. The molecule has 2 N–H and O–H groups in total. The molecule has 1 aromatic carbocycles. The number of alkyl carbamates (subject to hydrolysis) is 1. The first-order chi connectivity index (χ1) is 10.3. The molecule has 0 saturated heterocycles. The maximum absolute atomic E-state index is 11.5. The van der Waals surface area contributed by atoms with Gasteiger partial charge in [-0.1, -0.05) is 44.2 Å². The lowest BCUT2D eigenvalue weighted by atomic mass is 9.96. The van der Waals surface area contributed by atoms with E-state index in [2.05, 4.69) is 48.7 Å². The fraction of sp³-hybridized carbons (Fsp3) is 0.611. The van der Waals surface area contributed by atoms with Gasteiger partial charge in [-0.2, -0.15) is 0 Å². The van der Waals surface area contributed by atoms with E-state index in [0.717, 1.165) is 13.0 Å². The van der Waals surface area contributed by atoms with Crippen LogP contribution in [0.1, 0.15) is 52.6 Å². The number of hydrogen-bond donors (Lipinski definition) is 2. The maximum Gasteiger partial charge on any atom is 0.407 e. The van der Waals surface area contributed by atoms with E-state index in [-0.39, 0.29) is 6.09 Å². The van der Waals surface area contributed by atoms with E-state index >= 15 is 0 Å². The predicted molar refractivity (Wildman–Crippen MR) is 90.9 cm³/mol. The third-order valence-corrected chi connectivity index (χ3v) is 3.21. The molecule has 0 aliphatic carbocycles. The van der Waals surface area contributed by atoms with Crippen molar-refractivity contribution in [3.05, 3.63) is 35.9 Å². The van der Waals surface area contributed by atoms with Crippen molar-refractivity contribution in [3.8, 4) is 0 Å². The van der Waals surface area contributed by atoms with Gasteiger partial charge in [-0.3, -0.25) is 0 Å². The Morgan fingerprint density at radius 1 is 1.14 bits per heavy atom. The smallest absolute Gasteiger partial charge is 0.407 e. The number of hydrogen-bond acceptors (Lipinski definition) is 3. The number of rotatable bonds is 7. The van der Waals surface area contributed by atoms with Crippen LogP contribution in [-0.4, -0.2) is 24.8 Å². The molecule has 1 unspecified atom stereocenters. The van der Waals surface area contributed by atoms with Crippen LogP contribution in [0.15, 0.2) is 30.3 Å². The monoisotopic (exact) mass is 306 g/mol. The molecule has 0 bridgehead atoms. The average Bonchev–Trinajstić information content (AvgIpc) is 2.41. The van der Waals surface area contributed by atoms with Crippen LogP contribution in [0.5, 0.6) is 0 Å². The van der Waals surface area contributed by atoms with Crippen LogP contribution in [0, 0.1) is 5.92 Å². The minimum atomic E-state index is -0.446. The molecule has 0 heterocycles. The quantitative estimate of drug-likeness (QED) is 0.751. The van der Waals surface area contributed by atoms with E-state index in [1.807, 2.05) is 26.8 Å². The lowest BCUT2D eigenvalue weighted by molar-refractivity contribution is 0.0527. The Kier molecular flexibility index (Phi) is 7.39. The highest BCUT2D eigenvalue weighted by Gasteiger charge is 2.16. The lowest BCUT2D eigenvalue weighted by Crippen LogP contribution is -2.34. The Balaban J connectivity index is 2.29. The Morgan fingerprint density at radius 2 is 1.77 bits per heavy atom. The van der Waals surface area contributed by atoms with Crippen LogP contribution in [-0.2, 0) is 4.74 Å². The lowest BCUT2D eigenvalue weighted by Gasteiger charge is -2.23. The standard InChI is InChI=1S/C18H30N2O2/c1-14(2)16(15-10-7-6-8-11-15)19-12-9-13-20-17(21)22-18(3,4)5/h6-8,10-11,14,16,19H,9,12-13H2,1-5H3,(H,20,21). The van der Waals surface area contributed by atoms with Gasteiger partial charge in [0.05, 0.1) is 0 Å².